The van der Waals surface area contributed by atoms with E-state index in [1.165, 1.54) is 38.5 Å². The lowest BCUT2D eigenvalue weighted by atomic mass is 9.46. The molecule has 54 heavy (non-hydrogen) atoms. The van der Waals surface area contributed by atoms with Crippen LogP contribution in [0.4, 0.5) is 11.4 Å². The molecule has 6 nitrogen and oxygen atoms in total. The first-order chi connectivity index (χ1) is 25.3. The standard InChI is InChI=1S/C47H68N2O4.CH4/c1-8-33(29(2)3)12-9-30(4)41-15-16-42-40-14-13-37-24-34(19-21-46(37,6)43(40)20-22-47(41,42)7)45(53-51)18-11-32-10-17-44(36(23-32)28-50)52-31(5)35-25-38(48)27-39(49)26-35;/h9-13,17-18,23,25-27,29-31,33-34,40-43,45,50-51H,8,14-16,19-22,24,28,48-49H2,1-7H3;1H4/b12-9+,18-11+;. The Bertz CT molecular complexity index is 1640. The van der Waals surface area contributed by atoms with Crippen molar-refractivity contribution in [2.45, 2.75) is 132 Å². The van der Waals surface area contributed by atoms with Gasteiger partial charge in [-0.1, -0.05) is 91.0 Å². The molecule has 11 atom stereocenters. The van der Waals surface area contributed by atoms with Crippen molar-refractivity contribution in [3.05, 3.63) is 83.0 Å². The number of hydrogen-bond donors (Lipinski definition) is 4. The Morgan fingerprint density at radius 1 is 0.907 bits per heavy atom. The molecule has 0 amide bonds. The van der Waals surface area contributed by atoms with Gasteiger partial charge in [0.1, 0.15) is 18.0 Å². The topological polar surface area (TPSA) is 111 Å². The molecule has 0 heterocycles. The third-order valence-electron chi connectivity index (χ3n) is 14.9. The van der Waals surface area contributed by atoms with E-state index in [1.807, 2.05) is 49.4 Å². The number of fused-ring (bicyclic) bond motifs is 5. The largest absolute Gasteiger partial charge is 0.486 e. The quantitative estimate of drug-likeness (QED) is 0.0704. The highest BCUT2D eigenvalue weighted by atomic mass is 17.1. The Kier molecular flexibility index (Phi) is 13.6. The molecule has 4 aliphatic carbocycles. The second-order valence-corrected chi connectivity index (χ2v) is 18.2. The molecule has 2 aromatic rings. The minimum absolute atomic E-state index is 0. The molecule has 4 aliphatic rings. The minimum Gasteiger partial charge on any atom is -0.486 e. The molecule has 0 bridgehead atoms. The SMILES string of the molecule is C.CCC(/C=C/C(C)C1CCC2C3CC=C4CC(C(/C=C/c5ccc(OC(C)c6cc(N)cc(N)c6)c(CO)c5)OO)CCC4(C)C3CCC12C)C(C)C. The van der Waals surface area contributed by atoms with Gasteiger partial charge in [-0.2, -0.15) is 0 Å². The summed E-state index contributed by atoms with van der Waals surface area (Å²) in [5.41, 5.74) is 17.9. The van der Waals surface area contributed by atoms with E-state index < -0.39 is 6.10 Å². The summed E-state index contributed by atoms with van der Waals surface area (Å²) >= 11 is 0. The van der Waals surface area contributed by atoms with Gasteiger partial charge in [0.15, 0.2) is 0 Å². The highest BCUT2D eigenvalue weighted by Crippen LogP contribution is 2.67. The van der Waals surface area contributed by atoms with Crippen LogP contribution < -0.4 is 16.2 Å². The number of aliphatic hydroxyl groups is 1. The van der Waals surface area contributed by atoms with Crippen molar-refractivity contribution in [3.8, 4) is 5.75 Å². The van der Waals surface area contributed by atoms with Crippen LogP contribution in [0.25, 0.3) is 6.08 Å². The van der Waals surface area contributed by atoms with Gasteiger partial charge < -0.3 is 21.3 Å². The summed E-state index contributed by atoms with van der Waals surface area (Å²) in [7, 11) is 0. The molecular weight excluding hydrogens is 669 g/mol. The van der Waals surface area contributed by atoms with Crippen molar-refractivity contribution in [2.75, 3.05) is 11.5 Å². The molecule has 0 saturated heterocycles. The molecule has 298 valence electrons. The fourth-order valence-corrected chi connectivity index (χ4v) is 11.8. The van der Waals surface area contributed by atoms with Crippen LogP contribution in [0.1, 0.15) is 136 Å². The van der Waals surface area contributed by atoms with Gasteiger partial charge in [-0.15, -0.1) is 0 Å². The Hall–Kier alpha value is -3.06. The molecule has 3 fully saturated rings. The van der Waals surface area contributed by atoms with E-state index in [-0.39, 0.29) is 31.5 Å². The number of allylic oxidation sites excluding steroid dienone is 4. The number of nitrogens with two attached hydrogens (primary N) is 2. The van der Waals surface area contributed by atoms with E-state index in [0.29, 0.717) is 45.9 Å². The zero-order chi connectivity index (χ0) is 38.1. The van der Waals surface area contributed by atoms with Crippen LogP contribution in [-0.4, -0.2) is 16.5 Å². The molecule has 3 saturated carbocycles. The lowest BCUT2D eigenvalue weighted by Crippen LogP contribution is -2.50. The highest BCUT2D eigenvalue weighted by molar-refractivity contribution is 5.56. The lowest BCUT2D eigenvalue weighted by molar-refractivity contribution is -0.278. The number of anilines is 2. The van der Waals surface area contributed by atoms with Gasteiger partial charge in [-0.3, -0.25) is 5.26 Å². The molecule has 6 rings (SSSR count). The molecule has 0 spiro atoms. The van der Waals surface area contributed by atoms with Crippen LogP contribution in [0.15, 0.2) is 66.3 Å². The molecule has 6 heteroatoms. The van der Waals surface area contributed by atoms with Gasteiger partial charge in [0.2, 0.25) is 0 Å². The van der Waals surface area contributed by atoms with E-state index in [1.54, 1.807) is 11.6 Å². The third kappa shape index (κ3) is 8.37. The van der Waals surface area contributed by atoms with Crippen molar-refractivity contribution in [1.82, 2.24) is 0 Å². The number of ether oxygens (including phenoxy) is 1. The van der Waals surface area contributed by atoms with E-state index >= 15 is 0 Å². The van der Waals surface area contributed by atoms with Crippen LogP contribution in [0, 0.1) is 58.2 Å². The number of aliphatic hydroxyl groups excluding tert-OH is 1. The van der Waals surface area contributed by atoms with E-state index in [0.717, 1.165) is 54.1 Å². The first kappa shape index (κ1) is 42.1. The van der Waals surface area contributed by atoms with Gasteiger partial charge in [-0.25, -0.2) is 4.89 Å². The number of hydrogen-bond acceptors (Lipinski definition) is 6. The van der Waals surface area contributed by atoms with Gasteiger partial charge in [0.05, 0.1) is 6.61 Å². The average Bonchev–Trinajstić information content (AvgIpc) is 3.49. The maximum absolute atomic E-state index is 10.2. The van der Waals surface area contributed by atoms with Gasteiger partial charge in [-0.05, 0) is 164 Å². The highest BCUT2D eigenvalue weighted by Gasteiger charge is 2.59. The van der Waals surface area contributed by atoms with Gasteiger partial charge >= 0.3 is 0 Å². The Morgan fingerprint density at radius 3 is 2.31 bits per heavy atom. The van der Waals surface area contributed by atoms with E-state index in [4.69, 9.17) is 21.1 Å². The van der Waals surface area contributed by atoms with Crippen LogP contribution in [0.5, 0.6) is 5.75 Å². The minimum atomic E-state index is -0.400. The zero-order valence-corrected chi connectivity index (χ0v) is 33.6. The normalized spacial score (nSPS) is 31.6. The van der Waals surface area contributed by atoms with E-state index in [2.05, 4.69) is 59.8 Å². The Labute approximate surface area is 327 Å². The first-order valence-corrected chi connectivity index (χ1v) is 20.7. The maximum atomic E-state index is 10.2. The first-order valence-electron chi connectivity index (χ1n) is 20.7. The number of benzene rings is 2. The van der Waals surface area contributed by atoms with Crippen LogP contribution in [0.2, 0.25) is 0 Å². The predicted molar refractivity (Wildman–Crippen MR) is 226 cm³/mol. The van der Waals surface area contributed by atoms with Crippen molar-refractivity contribution in [1.29, 1.82) is 0 Å². The lowest BCUT2D eigenvalue weighted by Gasteiger charge is -2.58. The molecule has 6 N–H and O–H groups in total. The predicted octanol–water partition coefficient (Wildman–Crippen LogP) is 12.1. The fraction of sp³-hybridized carbons (Fsp3) is 0.625. The summed E-state index contributed by atoms with van der Waals surface area (Å²) < 4.78 is 6.23. The molecular formula is C48H72N2O4. The van der Waals surface area contributed by atoms with Crippen LogP contribution in [0.3, 0.4) is 0 Å². The summed E-state index contributed by atoms with van der Waals surface area (Å²) in [5, 5.41) is 20.4. The zero-order valence-electron chi connectivity index (χ0n) is 33.6. The second-order valence-electron chi connectivity index (χ2n) is 18.2. The molecule has 2 aromatic carbocycles. The monoisotopic (exact) mass is 741 g/mol. The summed E-state index contributed by atoms with van der Waals surface area (Å²) in [6, 6.07) is 11.2. The number of rotatable bonds is 13. The molecule has 0 aromatic heterocycles. The summed E-state index contributed by atoms with van der Waals surface area (Å²) in [5.74, 6) is 5.99. The van der Waals surface area contributed by atoms with E-state index in [9.17, 15) is 10.4 Å². The van der Waals surface area contributed by atoms with Crippen LogP contribution >= 0.6 is 0 Å². The Balaban J connectivity index is 0.00000561. The molecule has 11 unspecified atom stereocenters. The van der Waals surface area contributed by atoms with Gasteiger partial charge in [0, 0.05) is 16.9 Å². The van der Waals surface area contributed by atoms with Crippen molar-refractivity contribution < 1.29 is 20.0 Å². The maximum Gasteiger partial charge on any atom is 0.125 e. The Morgan fingerprint density at radius 2 is 1.65 bits per heavy atom. The summed E-state index contributed by atoms with van der Waals surface area (Å²) in [6.07, 6.45) is 22.1. The fourth-order valence-electron chi connectivity index (χ4n) is 11.8. The molecule has 0 aliphatic heterocycles. The smallest absolute Gasteiger partial charge is 0.125 e. The van der Waals surface area contributed by atoms with Crippen molar-refractivity contribution in [3.63, 3.8) is 0 Å². The van der Waals surface area contributed by atoms with Crippen LogP contribution in [-0.2, 0) is 11.5 Å². The van der Waals surface area contributed by atoms with Crippen molar-refractivity contribution >= 4 is 17.5 Å². The van der Waals surface area contributed by atoms with Gasteiger partial charge in [0.25, 0.3) is 0 Å². The molecule has 0 radical (unpaired) electrons. The van der Waals surface area contributed by atoms with Crippen molar-refractivity contribution in [2.24, 2.45) is 58.2 Å². The average molecular weight is 741 g/mol. The third-order valence-corrected chi connectivity index (χ3v) is 14.9. The number of nitrogen functional groups attached to an aromatic ring is 2. The summed E-state index contributed by atoms with van der Waals surface area (Å²) in [6.45, 7) is 16.6. The second kappa shape index (κ2) is 17.4. The summed E-state index contributed by atoms with van der Waals surface area (Å²) in [4.78, 5) is 5.18.